The lowest BCUT2D eigenvalue weighted by Crippen LogP contribution is -2.35. The summed E-state index contributed by atoms with van der Waals surface area (Å²) in [6, 6.07) is 16.3. The molecule has 2 unspecified atom stereocenters. The van der Waals surface area contributed by atoms with E-state index in [2.05, 4.69) is 18.5 Å². The van der Waals surface area contributed by atoms with Crippen LogP contribution in [0.3, 0.4) is 0 Å². The zero-order valence-corrected chi connectivity index (χ0v) is 27.0. The molecule has 13 nitrogen and oxygen atoms in total. The molecule has 0 saturated carbocycles. The van der Waals surface area contributed by atoms with Gasteiger partial charge in [0.25, 0.3) is 0 Å². The molecule has 13 heteroatoms. The smallest absolute Gasteiger partial charge is 0.407 e. The number of aliphatic hydroxyl groups is 1. The lowest BCUT2D eigenvalue weighted by Gasteiger charge is -2.18. The van der Waals surface area contributed by atoms with Gasteiger partial charge in [-0.05, 0) is 44.5 Å². The van der Waals surface area contributed by atoms with Crippen LogP contribution >= 0.6 is 0 Å². The summed E-state index contributed by atoms with van der Waals surface area (Å²) in [6.07, 6.45) is -2.04. The third-order valence-electron chi connectivity index (χ3n) is 5.79. The van der Waals surface area contributed by atoms with Gasteiger partial charge < -0.3 is 48.3 Å². The number of ether oxygens (including phenoxy) is 8. The van der Waals surface area contributed by atoms with E-state index in [1.54, 1.807) is 31.2 Å². The molecule has 0 saturated heterocycles. The van der Waals surface area contributed by atoms with E-state index in [0.717, 1.165) is 0 Å². The zero-order chi connectivity index (χ0) is 34.3. The van der Waals surface area contributed by atoms with Crippen molar-refractivity contribution in [3.8, 4) is 17.2 Å². The van der Waals surface area contributed by atoms with E-state index >= 15 is 0 Å². The minimum atomic E-state index is -0.893. The second-order valence-electron chi connectivity index (χ2n) is 10.2. The van der Waals surface area contributed by atoms with Gasteiger partial charge in [-0.25, -0.2) is 14.4 Å². The van der Waals surface area contributed by atoms with Crippen molar-refractivity contribution >= 4 is 18.0 Å². The minimum absolute atomic E-state index is 0.0628. The molecule has 0 radical (unpaired) electrons. The summed E-state index contributed by atoms with van der Waals surface area (Å²) in [5.74, 6) is 0.679. The highest BCUT2D eigenvalue weighted by Crippen LogP contribution is 2.19. The molecule has 1 amide bonds. The highest BCUT2D eigenvalue weighted by Gasteiger charge is 2.18. The van der Waals surface area contributed by atoms with E-state index in [9.17, 15) is 19.5 Å². The van der Waals surface area contributed by atoms with Gasteiger partial charge in [0, 0.05) is 23.8 Å². The minimum Gasteiger partial charge on any atom is -0.491 e. The molecule has 0 heterocycles. The fraction of sp³-hybridized carbons (Fsp3) is 0.441. The predicted octanol–water partition coefficient (Wildman–Crippen LogP) is 3.64. The summed E-state index contributed by atoms with van der Waals surface area (Å²) in [5, 5.41) is 12.6. The average Bonchev–Trinajstić information content (AvgIpc) is 3.05. The molecule has 2 N–H and O–H groups in total. The van der Waals surface area contributed by atoms with Crippen LogP contribution in [0.1, 0.15) is 20.3 Å². The summed E-state index contributed by atoms with van der Waals surface area (Å²) < 4.78 is 43.4. The first-order chi connectivity index (χ1) is 22.6. The number of aliphatic hydroxyl groups excluding tert-OH is 1. The lowest BCUT2D eigenvalue weighted by atomic mass is 10.3. The van der Waals surface area contributed by atoms with Gasteiger partial charge in [-0.15, -0.1) is 0 Å². The van der Waals surface area contributed by atoms with Crippen molar-refractivity contribution in [2.24, 2.45) is 0 Å². The Kier molecular flexibility index (Phi) is 18.8. The van der Waals surface area contributed by atoms with Crippen LogP contribution in [-0.4, -0.2) is 101 Å². The molecule has 258 valence electrons. The van der Waals surface area contributed by atoms with E-state index in [4.69, 9.17) is 37.9 Å². The number of alkyl carbamates (subject to hydrolysis) is 1. The molecule has 47 heavy (non-hydrogen) atoms. The molecule has 0 bridgehead atoms. The number of amides is 1. The Balaban J connectivity index is 1.65. The van der Waals surface area contributed by atoms with Gasteiger partial charge in [-0.1, -0.05) is 37.4 Å². The van der Waals surface area contributed by atoms with Gasteiger partial charge in [0.15, 0.2) is 6.10 Å². The summed E-state index contributed by atoms with van der Waals surface area (Å²) in [6.45, 7) is 11.2. The normalized spacial score (nSPS) is 11.8. The number of rotatable bonds is 24. The molecule has 2 rings (SSSR count). The molecule has 0 spiro atoms. The predicted molar refractivity (Wildman–Crippen MR) is 171 cm³/mol. The first kappa shape index (κ1) is 38.6. The summed E-state index contributed by atoms with van der Waals surface area (Å²) in [7, 11) is 0. The number of esters is 2. The molecule has 0 aliphatic rings. The number of para-hydroxylation sites is 1. The van der Waals surface area contributed by atoms with Crippen LogP contribution in [0.4, 0.5) is 4.79 Å². The number of hydrogen-bond acceptors (Lipinski definition) is 12. The maximum atomic E-state index is 12.2. The van der Waals surface area contributed by atoms with E-state index in [1.807, 2.05) is 30.3 Å². The van der Waals surface area contributed by atoms with Crippen molar-refractivity contribution in [3.63, 3.8) is 0 Å². The SMILES string of the molecule is C=C(C)C(=O)OCCCNC(=O)OC(COCCOc1cccc(OCCOCC(O)COc2ccccc2)c1)COC(=O)C(=C)C. The third-order valence-corrected chi connectivity index (χ3v) is 5.79. The monoisotopic (exact) mass is 659 g/mol. The number of carbonyl (C=O) groups excluding carboxylic acids is 3. The second-order valence-corrected chi connectivity index (χ2v) is 10.2. The van der Waals surface area contributed by atoms with Gasteiger partial charge in [-0.2, -0.15) is 0 Å². The van der Waals surface area contributed by atoms with Crippen LogP contribution in [0.15, 0.2) is 78.9 Å². The molecular weight excluding hydrogens is 614 g/mol. The van der Waals surface area contributed by atoms with Crippen molar-refractivity contribution in [2.75, 3.05) is 66.0 Å². The lowest BCUT2D eigenvalue weighted by molar-refractivity contribution is -0.143. The van der Waals surface area contributed by atoms with Crippen LogP contribution in [0.5, 0.6) is 17.2 Å². The molecule has 2 aromatic rings. The molecule has 0 aliphatic heterocycles. The maximum absolute atomic E-state index is 12.2. The summed E-state index contributed by atoms with van der Waals surface area (Å²) in [5.41, 5.74) is 0.490. The van der Waals surface area contributed by atoms with E-state index in [1.165, 1.54) is 6.92 Å². The quantitative estimate of drug-likeness (QED) is 0.0731. The molecule has 0 aromatic heterocycles. The van der Waals surface area contributed by atoms with Crippen LogP contribution in [0.2, 0.25) is 0 Å². The van der Waals surface area contributed by atoms with Crippen molar-refractivity contribution in [1.82, 2.24) is 5.32 Å². The Bertz CT molecular complexity index is 1250. The third kappa shape index (κ3) is 18.2. The van der Waals surface area contributed by atoms with Gasteiger partial charge in [0.1, 0.15) is 49.8 Å². The Morgan fingerprint density at radius 2 is 1.30 bits per heavy atom. The van der Waals surface area contributed by atoms with Gasteiger partial charge in [0.05, 0.1) is 33.0 Å². The Morgan fingerprint density at radius 1 is 0.702 bits per heavy atom. The first-order valence-electron chi connectivity index (χ1n) is 15.1. The molecule has 2 aromatic carbocycles. The van der Waals surface area contributed by atoms with Crippen molar-refractivity contribution in [3.05, 3.63) is 78.9 Å². The number of nitrogens with one attached hydrogen (secondary N) is 1. The molecule has 2 atom stereocenters. The fourth-order valence-corrected chi connectivity index (χ4v) is 3.43. The number of hydrogen-bond donors (Lipinski definition) is 2. The van der Waals surface area contributed by atoms with Crippen molar-refractivity contribution < 1.29 is 57.4 Å². The largest absolute Gasteiger partial charge is 0.491 e. The Labute approximate surface area is 275 Å². The summed E-state index contributed by atoms with van der Waals surface area (Å²) >= 11 is 0. The van der Waals surface area contributed by atoms with E-state index in [0.29, 0.717) is 23.7 Å². The van der Waals surface area contributed by atoms with Crippen molar-refractivity contribution in [1.29, 1.82) is 0 Å². The Morgan fingerprint density at radius 3 is 1.94 bits per heavy atom. The highest BCUT2D eigenvalue weighted by atomic mass is 16.6. The second kappa shape index (κ2) is 22.8. The average molecular weight is 660 g/mol. The van der Waals surface area contributed by atoms with Gasteiger partial charge in [-0.3, -0.25) is 0 Å². The van der Waals surface area contributed by atoms with Crippen LogP contribution in [0.25, 0.3) is 0 Å². The standard InChI is InChI=1S/C34H45NO12/c1-25(2)32(37)44-15-9-14-35-34(39)47-31(24-46-33(38)26(3)4)23-41-17-19-43-30-13-8-12-29(20-30)42-18-16-40-21-27(36)22-45-28-10-6-5-7-11-28/h5-8,10-13,20,27,31,36H,1,3,9,14-19,21-24H2,2,4H3,(H,35,39). The maximum Gasteiger partial charge on any atom is 0.407 e. The van der Waals surface area contributed by atoms with Gasteiger partial charge in [0.2, 0.25) is 0 Å². The van der Waals surface area contributed by atoms with Gasteiger partial charge >= 0.3 is 18.0 Å². The molecule has 0 fully saturated rings. The van der Waals surface area contributed by atoms with Crippen LogP contribution in [-0.2, 0) is 33.3 Å². The topological polar surface area (TPSA) is 157 Å². The van der Waals surface area contributed by atoms with Crippen LogP contribution < -0.4 is 19.5 Å². The van der Waals surface area contributed by atoms with E-state index in [-0.39, 0.29) is 77.2 Å². The number of benzene rings is 2. The Hall–Kier alpha value is -4.59. The fourth-order valence-electron chi connectivity index (χ4n) is 3.43. The molecule has 0 aliphatic carbocycles. The summed E-state index contributed by atoms with van der Waals surface area (Å²) in [4.78, 5) is 35.4. The first-order valence-corrected chi connectivity index (χ1v) is 15.1. The van der Waals surface area contributed by atoms with E-state index < -0.39 is 30.2 Å². The van der Waals surface area contributed by atoms with Crippen molar-refractivity contribution in [2.45, 2.75) is 32.5 Å². The van der Waals surface area contributed by atoms with Crippen LogP contribution in [0, 0.1) is 0 Å². The zero-order valence-electron chi connectivity index (χ0n) is 27.0. The number of carbonyl (C=O) groups is 3. The molecular formula is C34H45NO12. The highest BCUT2D eigenvalue weighted by molar-refractivity contribution is 5.87.